The van der Waals surface area contributed by atoms with Gasteiger partial charge in [-0.15, -0.1) is 23.8 Å². The van der Waals surface area contributed by atoms with Crippen molar-refractivity contribution in [3.63, 3.8) is 0 Å². The number of aryl methyl sites for hydroxylation is 2. The Morgan fingerprint density at radius 3 is 2.25 bits per heavy atom. The van der Waals surface area contributed by atoms with Gasteiger partial charge in [-0.1, -0.05) is 72.3 Å². The minimum absolute atomic E-state index is 0. The molecule has 0 aliphatic heterocycles. The molecule has 0 atom stereocenters. The van der Waals surface area contributed by atoms with Crippen LogP contribution in [-0.2, 0) is 26.5 Å². The number of fused-ring (bicyclic) bond motifs is 3. The van der Waals surface area contributed by atoms with E-state index in [1.165, 1.54) is 52.4 Å². The largest absolute Gasteiger partial charge is 0 e. The first kappa shape index (κ1) is 36.0. The van der Waals surface area contributed by atoms with E-state index in [9.17, 15) is 0 Å². The van der Waals surface area contributed by atoms with Gasteiger partial charge >= 0.3 is 128 Å². The van der Waals surface area contributed by atoms with Crippen molar-refractivity contribution in [3.8, 4) is 33.6 Å². The normalized spacial score (nSPS) is 12.4. The smallest absolute Gasteiger partial charge is 0 e. The predicted molar refractivity (Wildman–Crippen MR) is 220 cm³/mol. The van der Waals surface area contributed by atoms with Crippen LogP contribution < -0.4 is 4.40 Å². The average molecular weight is 928 g/mol. The Kier molecular flexibility index (Phi) is 11.6. The molecule has 0 aliphatic carbocycles. The molecule has 0 bridgehead atoms. The summed E-state index contributed by atoms with van der Waals surface area (Å²) in [4.78, 5) is 9.33. The van der Waals surface area contributed by atoms with Gasteiger partial charge in [-0.2, -0.15) is 11.3 Å². The molecule has 0 unspecified atom stereocenters. The van der Waals surface area contributed by atoms with E-state index in [0.29, 0.717) is 11.5 Å². The van der Waals surface area contributed by atoms with Gasteiger partial charge in [0.2, 0.25) is 0 Å². The SMILES string of the molecule is Cc1cc(C)cc(-c2cccc3sc4c(-c5cc(C(C)C)ccn5)[c-]ccc4c23)c1.[2H]C([2H])(c1c[c]([Ge]([CH3])([CH3])[CH3])cnc1-c1[c-]cccc1)C(C)C.[Ir]. The molecule has 4 aromatic carbocycles. The van der Waals surface area contributed by atoms with Crippen LogP contribution in [0.1, 0.15) is 58.6 Å². The van der Waals surface area contributed by atoms with E-state index in [2.05, 4.69) is 123 Å². The summed E-state index contributed by atoms with van der Waals surface area (Å²) in [6.45, 7) is 12.6. The van der Waals surface area contributed by atoms with Crippen LogP contribution in [-0.4, -0.2) is 23.2 Å². The molecule has 51 heavy (non-hydrogen) atoms. The van der Waals surface area contributed by atoms with E-state index in [4.69, 9.17) is 7.73 Å². The minimum atomic E-state index is -2.06. The maximum Gasteiger partial charge on any atom is 0 e. The van der Waals surface area contributed by atoms with Crippen LogP contribution in [0.5, 0.6) is 0 Å². The molecule has 0 saturated carbocycles. The molecule has 0 amide bonds. The van der Waals surface area contributed by atoms with E-state index in [-0.39, 0.29) is 26.0 Å². The Bertz CT molecular complexity index is 2340. The number of nitrogens with zero attached hydrogens (tertiary/aromatic N) is 2. The van der Waals surface area contributed by atoms with E-state index >= 15 is 0 Å². The molecule has 3 aromatic heterocycles. The molecule has 0 fully saturated rings. The molecule has 0 spiro atoms. The summed E-state index contributed by atoms with van der Waals surface area (Å²) in [5.41, 5.74) is 10.9. The van der Waals surface area contributed by atoms with Crippen LogP contribution in [0.2, 0.25) is 17.3 Å². The summed E-state index contributed by atoms with van der Waals surface area (Å²) in [5.74, 6) is 7.28. The van der Waals surface area contributed by atoms with Gasteiger partial charge in [0.05, 0.1) is 0 Å². The second-order valence-electron chi connectivity index (χ2n) is 14.8. The van der Waals surface area contributed by atoms with Crippen LogP contribution in [0.15, 0.2) is 103 Å². The van der Waals surface area contributed by atoms with Gasteiger partial charge in [0.15, 0.2) is 0 Å². The van der Waals surface area contributed by atoms with Crippen molar-refractivity contribution in [3.05, 3.63) is 138 Å². The standard InChI is InChI=1S/C28H24NS.C18H24GeN.Ir/c1-17(2)20-11-12-29-25(16-20)23-8-5-9-24-27-22(7-6-10-26(27)30-28(23)24)21-14-18(3)13-19(4)15-21;1-14(2)11-16-12-17(19(3,4)5)13-20-18(16)15-9-7-6-8-10-15;/h5-7,9-17H,1-4H3;6-9,12-14H,11H2,1-5H3;/q2*-1;/i;11D2;. The van der Waals surface area contributed by atoms with Crippen molar-refractivity contribution in [1.29, 1.82) is 0 Å². The van der Waals surface area contributed by atoms with Crippen LogP contribution >= 0.6 is 11.3 Å². The van der Waals surface area contributed by atoms with Crippen LogP contribution in [0.25, 0.3) is 53.8 Å². The zero-order chi connectivity index (χ0) is 37.4. The van der Waals surface area contributed by atoms with Crippen LogP contribution in [0, 0.1) is 31.9 Å². The minimum Gasteiger partial charge on any atom is 0 e. The summed E-state index contributed by atoms with van der Waals surface area (Å²) in [6.07, 6.45) is 2.46. The van der Waals surface area contributed by atoms with E-state index in [0.717, 1.165) is 22.5 Å². The first-order valence-electron chi connectivity index (χ1n) is 18.5. The Balaban J connectivity index is 0.000000211. The number of pyridine rings is 2. The third-order valence-electron chi connectivity index (χ3n) is 8.86. The molecule has 1 radical (unpaired) electrons. The Morgan fingerprint density at radius 1 is 0.824 bits per heavy atom. The first-order chi connectivity index (χ1) is 24.6. The fraction of sp³-hybridized carbons (Fsp3) is 0.261. The molecular formula is C46H48GeIrN2S-2. The fourth-order valence-electron chi connectivity index (χ4n) is 6.35. The number of thiophene rings is 1. The third-order valence-corrected chi connectivity index (χ3v) is 14.3. The quantitative estimate of drug-likeness (QED) is 0.118. The predicted octanol–water partition coefficient (Wildman–Crippen LogP) is 12.6. The summed E-state index contributed by atoms with van der Waals surface area (Å²) in [5, 5.41) is 2.62. The van der Waals surface area contributed by atoms with Gasteiger partial charge < -0.3 is 4.98 Å². The number of hydrogen-bond donors (Lipinski definition) is 0. The van der Waals surface area contributed by atoms with Crippen LogP contribution in [0.4, 0.5) is 0 Å². The summed E-state index contributed by atoms with van der Waals surface area (Å²) >= 11 is -0.216. The third kappa shape index (κ3) is 8.98. The molecule has 0 saturated heterocycles. The van der Waals surface area contributed by atoms with Crippen molar-refractivity contribution in [1.82, 2.24) is 9.97 Å². The number of aromatic nitrogens is 2. The molecular weight excluding hydrogens is 877 g/mol. The molecule has 2 nitrogen and oxygen atoms in total. The Morgan fingerprint density at radius 2 is 1.59 bits per heavy atom. The zero-order valence-corrected chi connectivity index (χ0v) is 36.4. The summed E-state index contributed by atoms with van der Waals surface area (Å²) < 4.78 is 20.9. The second-order valence-corrected chi connectivity index (χ2v) is 26.5. The molecule has 5 heteroatoms. The number of rotatable bonds is 7. The fourth-order valence-corrected chi connectivity index (χ4v) is 9.74. The van der Waals surface area contributed by atoms with E-state index < -0.39 is 19.6 Å². The number of benzene rings is 4. The summed E-state index contributed by atoms with van der Waals surface area (Å²) in [7, 11) is 0. The molecule has 0 N–H and O–H groups in total. The second kappa shape index (κ2) is 16.5. The van der Waals surface area contributed by atoms with Crippen molar-refractivity contribution in [2.24, 2.45) is 5.92 Å². The molecule has 7 rings (SSSR count). The van der Waals surface area contributed by atoms with E-state index in [1.807, 2.05) is 67.9 Å². The topological polar surface area (TPSA) is 25.8 Å². The van der Waals surface area contributed by atoms with Crippen molar-refractivity contribution in [2.75, 3.05) is 0 Å². The maximum atomic E-state index is 8.55. The molecule has 7 aromatic rings. The Labute approximate surface area is 328 Å². The molecule has 0 aliphatic rings. The van der Waals surface area contributed by atoms with Gasteiger partial charge in [-0.3, -0.25) is 0 Å². The van der Waals surface area contributed by atoms with Gasteiger partial charge in [0.25, 0.3) is 0 Å². The summed E-state index contributed by atoms with van der Waals surface area (Å²) in [6, 6.07) is 38.4. The zero-order valence-electron chi connectivity index (χ0n) is 33.1. The van der Waals surface area contributed by atoms with Gasteiger partial charge in [-0.05, 0) is 58.8 Å². The number of hydrogen-bond acceptors (Lipinski definition) is 3. The van der Waals surface area contributed by atoms with Gasteiger partial charge in [0, 0.05) is 31.0 Å². The van der Waals surface area contributed by atoms with Gasteiger partial charge in [0.1, 0.15) is 0 Å². The molecule has 263 valence electrons. The Hall–Kier alpha value is -3.41. The van der Waals surface area contributed by atoms with Crippen molar-refractivity contribution >= 4 is 49.2 Å². The van der Waals surface area contributed by atoms with E-state index in [1.54, 1.807) is 0 Å². The first-order valence-corrected chi connectivity index (χ1v) is 25.7. The van der Waals surface area contributed by atoms with Crippen molar-refractivity contribution < 1.29 is 22.8 Å². The average Bonchev–Trinajstić information content (AvgIpc) is 3.50. The van der Waals surface area contributed by atoms with Crippen LogP contribution in [0.3, 0.4) is 0 Å². The molecule has 3 heterocycles. The monoisotopic (exact) mass is 929 g/mol. The maximum absolute atomic E-state index is 8.55. The van der Waals surface area contributed by atoms with Crippen molar-refractivity contribution in [2.45, 2.75) is 71.1 Å². The van der Waals surface area contributed by atoms with Gasteiger partial charge in [-0.25, -0.2) is 0 Å².